The highest BCUT2D eigenvalue weighted by Crippen LogP contribution is 2.33. The van der Waals surface area contributed by atoms with Crippen LogP contribution in [0.25, 0.3) is 44.8 Å². The zero-order valence-electron chi connectivity index (χ0n) is 20.4. The normalized spacial score (nSPS) is 16.3. The molecule has 3 N–H and O–H groups in total. The first-order chi connectivity index (χ1) is 18.2. The lowest BCUT2D eigenvalue weighted by Gasteiger charge is -2.28. The van der Waals surface area contributed by atoms with Crippen molar-refractivity contribution in [1.82, 2.24) is 35.1 Å². The van der Waals surface area contributed by atoms with Crippen molar-refractivity contribution in [3.8, 4) is 22.6 Å². The molecule has 1 aliphatic carbocycles. The first-order valence-corrected chi connectivity index (χ1v) is 12.9. The number of carbonyl (C=O) groups is 1. The van der Waals surface area contributed by atoms with Crippen LogP contribution in [0.1, 0.15) is 38.5 Å². The molecule has 0 atom stereocenters. The molecule has 0 bridgehead atoms. The third-order valence-corrected chi connectivity index (χ3v) is 7.52. The maximum atomic E-state index is 12.4. The molecule has 1 amide bonds. The second-order valence-corrected chi connectivity index (χ2v) is 9.93. The Bertz CT molecular complexity index is 1610. The number of hydrogen-bond acceptors (Lipinski definition) is 7. The molecule has 0 radical (unpaired) electrons. The van der Waals surface area contributed by atoms with Gasteiger partial charge in [-0.05, 0) is 50.3 Å². The zero-order valence-corrected chi connectivity index (χ0v) is 20.4. The van der Waals surface area contributed by atoms with Crippen molar-refractivity contribution in [2.45, 2.75) is 38.5 Å². The number of fused-ring (bicyclic) bond motifs is 2. The summed E-state index contributed by atoms with van der Waals surface area (Å²) in [4.78, 5) is 36.6. The predicted octanol–water partition coefficient (Wildman–Crippen LogP) is 4.69. The summed E-state index contributed by atoms with van der Waals surface area (Å²) < 4.78 is 0. The zero-order chi connectivity index (χ0) is 24.8. The largest absolute Gasteiger partial charge is 0.370 e. The molecule has 0 aromatic carbocycles. The van der Waals surface area contributed by atoms with Crippen LogP contribution in [0.4, 0.5) is 11.4 Å². The van der Waals surface area contributed by atoms with Crippen LogP contribution in [0.15, 0.2) is 43.0 Å². The fraction of sp³-hybridized carbons (Fsp3) is 0.333. The topological polar surface area (TPSA) is 128 Å². The molecule has 2 aliphatic rings. The van der Waals surface area contributed by atoms with Gasteiger partial charge in [0.25, 0.3) is 0 Å². The van der Waals surface area contributed by atoms with E-state index in [1.54, 1.807) is 18.6 Å². The molecule has 7 rings (SSSR count). The van der Waals surface area contributed by atoms with E-state index in [-0.39, 0.29) is 11.8 Å². The van der Waals surface area contributed by atoms with Gasteiger partial charge in [-0.15, -0.1) is 0 Å². The Balaban J connectivity index is 1.23. The number of aromatic nitrogens is 7. The van der Waals surface area contributed by atoms with Crippen LogP contribution in [0.2, 0.25) is 0 Å². The van der Waals surface area contributed by atoms with Gasteiger partial charge in [-0.3, -0.25) is 14.9 Å². The quantitative estimate of drug-likeness (QED) is 0.324. The maximum absolute atomic E-state index is 12.4. The molecule has 6 heterocycles. The molecule has 5 aromatic rings. The van der Waals surface area contributed by atoms with Gasteiger partial charge in [-0.2, -0.15) is 5.10 Å². The van der Waals surface area contributed by atoms with Gasteiger partial charge in [0.05, 0.1) is 23.0 Å². The van der Waals surface area contributed by atoms with E-state index >= 15 is 0 Å². The average Bonchev–Trinajstić information content (AvgIpc) is 3.52. The molecule has 186 valence electrons. The van der Waals surface area contributed by atoms with Crippen LogP contribution < -0.4 is 10.2 Å². The Morgan fingerprint density at radius 1 is 0.973 bits per heavy atom. The van der Waals surface area contributed by atoms with Crippen molar-refractivity contribution < 1.29 is 4.79 Å². The van der Waals surface area contributed by atoms with E-state index < -0.39 is 0 Å². The number of nitrogens with one attached hydrogen (secondary N) is 3. The minimum absolute atomic E-state index is 0.0679. The van der Waals surface area contributed by atoms with Crippen LogP contribution in [0.5, 0.6) is 0 Å². The predicted molar refractivity (Wildman–Crippen MR) is 142 cm³/mol. The Morgan fingerprint density at radius 3 is 2.68 bits per heavy atom. The lowest BCUT2D eigenvalue weighted by atomic mass is 9.85. The van der Waals surface area contributed by atoms with Gasteiger partial charge < -0.3 is 15.2 Å². The summed E-state index contributed by atoms with van der Waals surface area (Å²) in [6.07, 6.45) is 13.8. The minimum Gasteiger partial charge on any atom is -0.370 e. The van der Waals surface area contributed by atoms with Crippen molar-refractivity contribution >= 4 is 39.5 Å². The number of nitrogens with zero attached hydrogens (tertiary/aromatic N) is 6. The van der Waals surface area contributed by atoms with Gasteiger partial charge in [0.2, 0.25) is 5.91 Å². The van der Waals surface area contributed by atoms with Gasteiger partial charge in [-0.1, -0.05) is 6.42 Å². The van der Waals surface area contributed by atoms with Crippen LogP contribution in [0.3, 0.4) is 0 Å². The maximum Gasteiger partial charge on any atom is 0.227 e. The Morgan fingerprint density at radius 2 is 1.84 bits per heavy atom. The highest BCUT2D eigenvalue weighted by atomic mass is 16.1. The fourth-order valence-electron chi connectivity index (χ4n) is 5.22. The van der Waals surface area contributed by atoms with Crippen molar-refractivity contribution in [2.24, 2.45) is 5.92 Å². The highest BCUT2D eigenvalue weighted by Gasteiger charge is 2.25. The summed E-state index contributed by atoms with van der Waals surface area (Å²) >= 11 is 0. The lowest BCUT2D eigenvalue weighted by Crippen LogP contribution is -2.29. The summed E-state index contributed by atoms with van der Waals surface area (Å²) in [6.45, 7) is 2.07. The first-order valence-electron chi connectivity index (χ1n) is 12.9. The van der Waals surface area contributed by atoms with Crippen LogP contribution >= 0.6 is 0 Å². The van der Waals surface area contributed by atoms with E-state index in [0.29, 0.717) is 22.9 Å². The minimum atomic E-state index is 0.0679. The number of piperidine rings is 1. The van der Waals surface area contributed by atoms with E-state index in [2.05, 4.69) is 40.3 Å². The number of H-pyrrole nitrogens is 2. The van der Waals surface area contributed by atoms with Crippen molar-refractivity contribution in [2.75, 3.05) is 23.3 Å². The summed E-state index contributed by atoms with van der Waals surface area (Å²) in [7, 11) is 0. The van der Waals surface area contributed by atoms with Gasteiger partial charge in [0.1, 0.15) is 11.2 Å². The number of pyridine rings is 3. The van der Waals surface area contributed by atoms with Gasteiger partial charge >= 0.3 is 0 Å². The van der Waals surface area contributed by atoms with E-state index in [4.69, 9.17) is 4.98 Å². The molecule has 0 unspecified atom stereocenters. The van der Waals surface area contributed by atoms with Crippen molar-refractivity contribution in [3.63, 3.8) is 0 Å². The third-order valence-electron chi connectivity index (χ3n) is 7.52. The van der Waals surface area contributed by atoms with Gasteiger partial charge in [0, 0.05) is 48.7 Å². The number of imidazole rings is 1. The second kappa shape index (κ2) is 8.95. The summed E-state index contributed by atoms with van der Waals surface area (Å²) in [5.74, 6) is 0.832. The Kier molecular flexibility index (Phi) is 5.30. The number of rotatable bonds is 5. The first kappa shape index (κ1) is 21.9. The molecular weight excluding hydrogens is 466 g/mol. The van der Waals surface area contributed by atoms with Crippen LogP contribution in [-0.2, 0) is 4.79 Å². The van der Waals surface area contributed by atoms with E-state index in [1.807, 2.05) is 24.4 Å². The van der Waals surface area contributed by atoms with Gasteiger partial charge in [0.15, 0.2) is 17.1 Å². The molecule has 2 fully saturated rings. The monoisotopic (exact) mass is 493 g/mol. The number of carbonyl (C=O) groups excluding carboxylic acids is 1. The molecule has 0 spiro atoms. The Labute approximate surface area is 213 Å². The van der Waals surface area contributed by atoms with Crippen molar-refractivity contribution in [3.05, 3.63) is 43.0 Å². The van der Waals surface area contributed by atoms with Crippen LogP contribution in [-0.4, -0.2) is 54.1 Å². The molecule has 1 aliphatic heterocycles. The number of hydrogen-bond donors (Lipinski definition) is 3. The molecule has 1 saturated carbocycles. The number of anilines is 2. The van der Waals surface area contributed by atoms with E-state index in [1.165, 1.54) is 19.3 Å². The smallest absolute Gasteiger partial charge is 0.227 e. The molecule has 10 heteroatoms. The van der Waals surface area contributed by atoms with Gasteiger partial charge in [-0.25, -0.2) is 15.0 Å². The van der Waals surface area contributed by atoms with E-state index in [0.717, 1.165) is 65.7 Å². The molecule has 5 aromatic heterocycles. The fourth-order valence-corrected chi connectivity index (χ4v) is 5.22. The number of aromatic amines is 2. The third kappa shape index (κ3) is 3.98. The van der Waals surface area contributed by atoms with Crippen LogP contribution in [0, 0.1) is 5.92 Å². The Hall–Kier alpha value is -4.34. The molecule has 1 saturated heterocycles. The van der Waals surface area contributed by atoms with E-state index in [9.17, 15) is 4.79 Å². The average molecular weight is 494 g/mol. The van der Waals surface area contributed by atoms with Crippen molar-refractivity contribution in [1.29, 1.82) is 0 Å². The molecule has 10 nitrogen and oxygen atoms in total. The molecule has 37 heavy (non-hydrogen) atoms. The number of amides is 1. The summed E-state index contributed by atoms with van der Waals surface area (Å²) in [5.41, 5.74) is 6.52. The summed E-state index contributed by atoms with van der Waals surface area (Å²) in [5, 5.41) is 11.4. The second-order valence-electron chi connectivity index (χ2n) is 9.93. The standard InChI is InChI=1S/C27H27N9O/c37-27(16-5-4-6-16)31-19-11-17(13-28-15-19)18-12-20-22(34-35-24(20)30-14-18)26-32-23-21(7-8-29-25(23)33-26)36-9-2-1-3-10-36/h7-8,11-16H,1-6,9-10H2,(H,31,37)(H,29,32,33)(H,30,34,35). The lowest BCUT2D eigenvalue weighted by molar-refractivity contribution is -0.122. The SMILES string of the molecule is O=C(Nc1cncc(-c2cnc3[nH]nc(-c4nc5c(N6CCCCC6)ccnc5[nH]4)c3c2)c1)C1CCC1. The highest BCUT2D eigenvalue weighted by molar-refractivity contribution is 5.96. The summed E-state index contributed by atoms with van der Waals surface area (Å²) in [6, 6.07) is 6.01. The molecular formula is C27H27N9O.